The summed E-state index contributed by atoms with van der Waals surface area (Å²) >= 11 is 0. The van der Waals surface area contributed by atoms with Gasteiger partial charge in [-0.3, -0.25) is 4.79 Å². The third-order valence-electron chi connectivity index (χ3n) is 5.08. The number of anilines is 1. The fraction of sp³-hybridized carbons (Fsp3) is 0.190. The first-order chi connectivity index (χ1) is 11.8. The highest BCUT2D eigenvalue weighted by Crippen LogP contribution is 2.42. The van der Waals surface area contributed by atoms with E-state index in [1.807, 2.05) is 36.4 Å². The Kier molecular flexibility index (Phi) is 2.97. The van der Waals surface area contributed by atoms with E-state index in [2.05, 4.69) is 23.1 Å². The lowest BCUT2D eigenvalue weighted by molar-refractivity contribution is 0.104. The number of carbonyl (C=O) groups is 1. The summed E-state index contributed by atoms with van der Waals surface area (Å²) in [5.74, 6) is 0.128. The lowest BCUT2D eigenvalue weighted by atomic mass is 9.82. The summed E-state index contributed by atoms with van der Waals surface area (Å²) in [5.41, 5.74) is 5.02. The zero-order valence-corrected chi connectivity index (χ0v) is 13.3. The third-order valence-corrected chi connectivity index (χ3v) is 5.08. The van der Waals surface area contributed by atoms with E-state index in [-0.39, 0.29) is 5.78 Å². The summed E-state index contributed by atoms with van der Waals surface area (Å²) < 4.78 is 5.48. The number of benzene rings is 3. The summed E-state index contributed by atoms with van der Waals surface area (Å²) in [5, 5.41) is 2.25. The van der Waals surface area contributed by atoms with Crippen LogP contribution in [-0.4, -0.2) is 32.1 Å². The molecular weight excluding hydrogens is 298 g/mol. The van der Waals surface area contributed by atoms with Gasteiger partial charge < -0.3 is 9.64 Å². The summed E-state index contributed by atoms with van der Waals surface area (Å²) in [7, 11) is 0. The number of morpholine rings is 1. The summed E-state index contributed by atoms with van der Waals surface area (Å²) in [4.78, 5) is 15.3. The van der Waals surface area contributed by atoms with Gasteiger partial charge in [0.05, 0.1) is 13.2 Å². The summed E-state index contributed by atoms with van der Waals surface area (Å²) in [6, 6.07) is 18.4. The number of hydrogen-bond donors (Lipinski definition) is 0. The molecule has 0 atom stereocenters. The number of carbonyl (C=O) groups excluding carboxylic acids is 1. The fourth-order valence-electron chi connectivity index (χ4n) is 3.95. The number of ether oxygens (including phenoxy) is 1. The van der Waals surface area contributed by atoms with Gasteiger partial charge in [-0.15, -0.1) is 0 Å². The minimum atomic E-state index is 0.128. The molecule has 1 heterocycles. The zero-order valence-electron chi connectivity index (χ0n) is 13.3. The second-order valence-corrected chi connectivity index (χ2v) is 6.33. The molecule has 0 N–H and O–H groups in total. The Bertz CT molecular complexity index is 971. The molecule has 0 saturated carbocycles. The van der Waals surface area contributed by atoms with E-state index < -0.39 is 0 Å². The van der Waals surface area contributed by atoms with Crippen LogP contribution in [0.25, 0.3) is 21.9 Å². The van der Waals surface area contributed by atoms with Crippen molar-refractivity contribution < 1.29 is 9.53 Å². The van der Waals surface area contributed by atoms with Gasteiger partial charge in [0, 0.05) is 40.7 Å². The van der Waals surface area contributed by atoms with Crippen molar-refractivity contribution in [1.82, 2.24) is 0 Å². The molecule has 3 heteroatoms. The van der Waals surface area contributed by atoms with Gasteiger partial charge in [-0.25, -0.2) is 0 Å². The van der Waals surface area contributed by atoms with Crippen molar-refractivity contribution in [3.63, 3.8) is 0 Å². The number of nitrogens with zero attached hydrogens (tertiary/aromatic N) is 1. The molecule has 0 spiro atoms. The molecule has 24 heavy (non-hydrogen) atoms. The molecule has 0 bridgehead atoms. The van der Waals surface area contributed by atoms with Crippen molar-refractivity contribution in [2.45, 2.75) is 0 Å². The molecule has 0 unspecified atom stereocenters. The highest BCUT2D eigenvalue weighted by Gasteiger charge is 2.26. The van der Waals surface area contributed by atoms with Crippen LogP contribution in [0, 0.1) is 0 Å². The largest absolute Gasteiger partial charge is 0.378 e. The van der Waals surface area contributed by atoms with Crippen LogP contribution in [0.4, 0.5) is 5.69 Å². The Hall–Kier alpha value is -2.65. The first kappa shape index (κ1) is 13.8. The average Bonchev–Trinajstić information content (AvgIpc) is 2.66. The summed E-state index contributed by atoms with van der Waals surface area (Å²) in [6.45, 7) is 3.29. The minimum absolute atomic E-state index is 0.128. The fourth-order valence-corrected chi connectivity index (χ4v) is 3.95. The van der Waals surface area contributed by atoms with Crippen LogP contribution < -0.4 is 4.90 Å². The van der Waals surface area contributed by atoms with E-state index in [0.717, 1.165) is 59.3 Å². The van der Waals surface area contributed by atoms with Gasteiger partial charge in [-0.1, -0.05) is 48.5 Å². The van der Waals surface area contributed by atoms with Gasteiger partial charge in [0.1, 0.15) is 0 Å². The van der Waals surface area contributed by atoms with E-state index in [0.29, 0.717) is 0 Å². The van der Waals surface area contributed by atoms with Gasteiger partial charge in [0.2, 0.25) is 0 Å². The maximum Gasteiger partial charge on any atom is 0.194 e. The van der Waals surface area contributed by atoms with Crippen LogP contribution in [0.2, 0.25) is 0 Å². The molecule has 0 amide bonds. The molecule has 1 aliphatic heterocycles. The lowest BCUT2D eigenvalue weighted by Crippen LogP contribution is -2.36. The molecule has 0 radical (unpaired) electrons. The third kappa shape index (κ3) is 1.85. The standard InChI is InChI=1S/C21H17NO2/c23-21-16-5-2-1-4-14(16)15-8-9-19(22-10-12-24-13-11-22)17-6-3-7-18(21)20(15)17/h1-9H,10-13H2. The van der Waals surface area contributed by atoms with E-state index in [1.165, 1.54) is 5.69 Å². The zero-order chi connectivity index (χ0) is 16.1. The van der Waals surface area contributed by atoms with Crippen LogP contribution in [0.5, 0.6) is 0 Å². The molecule has 2 aliphatic rings. The lowest BCUT2D eigenvalue weighted by Gasteiger charge is -2.31. The van der Waals surface area contributed by atoms with Crippen LogP contribution in [0.1, 0.15) is 15.9 Å². The first-order valence-electron chi connectivity index (χ1n) is 8.37. The Balaban J connectivity index is 1.82. The molecule has 3 aromatic carbocycles. The van der Waals surface area contributed by atoms with Gasteiger partial charge in [0.25, 0.3) is 0 Å². The van der Waals surface area contributed by atoms with Crippen LogP contribution >= 0.6 is 0 Å². The highest BCUT2D eigenvalue weighted by molar-refractivity contribution is 6.27. The number of ketones is 1. The van der Waals surface area contributed by atoms with Gasteiger partial charge in [0.15, 0.2) is 5.78 Å². The van der Waals surface area contributed by atoms with Crippen LogP contribution in [0.3, 0.4) is 0 Å². The van der Waals surface area contributed by atoms with Crippen molar-refractivity contribution in [1.29, 1.82) is 0 Å². The molecule has 3 aromatic rings. The quantitative estimate of drug-likeness (QED) is 0.534. The van der Waals surface area contributed by atoms with Gasteiger partial charge in [-0.2, -0.15) is 0 Å². The van der Waals surface area contributed by atoms with Crippen molar-refractivity contribution in [3.8, 4) is 11.1 Å². The van der Waals surface area contributed by atoms with E-state index in [4.69, 9.17) is 4.74 Å². The monoisotopic (exact) mass is 315 g/mol. The molecule has 1 fully saturated rings. The average molecular weight is 315 g/mol. The summed E-state index contributed by atoms with van der Waals surface area (Å²) in [6.07, 6.45) is 0. The normalized spacial score (nSPS) is 16.3. The number of rotatable bonds is 1. The topological polar surface area (TPSA) is 29.5 Å². The van der Waals surface area contributed by atoms with Gasteiger partial charge in [-0.05, 0) is 17.2 Å². The second kappa shape index (κ2) is 5.18. The second-order valence-electron chi connectivity index (χ2n) is 6.33. The van der Waals surface area contributed by atoms with E-state index >= 15 is 0 Å². The van der Waals surface area contributed by atoms with Crippen molar-refractivity contribution >= 4 is 22.2 Å². The number of fused-ring (bicyclic) bond motifs is 2. The highest BCUT2D eigenvalue weighted by atomic mass is 16.5. The van der Waals surface area contributed by atoms with Crippen LogP contribution in [0.15, 0.2) is 54.6 Å². The molecule has 3 nitrogen and oxygen atoms in total. The Morgan fingerprint density at radius 1 is 0.750 bits per heavy atom. The minimum Gasteiger partial charge on any atom is -0.378 e. The Labute approximate surface area is 140 Å². The molecule has 118 valence electrons. The Morgan fingerprint density at radius 2 is 1.50 bits per heavy atom. The van der Waals surface area contributed by atoms with E-state index in [1.54, 1.807) is 0 Å². The predicted molar refractivity (Wildman–Crippen MR) is 95.8 cm³/mol. The van der Waals surface area contributed by atoms with Crippen molar-refractivity contribution in [2.24, 2.45) is 0 Å². The number of hydrogen-bond acceptors (Lipinski definition) is 3. The maximum atomic E-state index is 12.9. The first-order valence-corrected chi connectivity index (χ1v) is 8.37. The molecule has 0 aromatic heterocycles. The van der Waals surface area contributed by atoms with Gasteiger partial charge >= 0.3 is 0 Å². The van der Waals surface area contributed by atoms with Crippen LogP contribution in [-0.2, 0) is 4.74 Å². The maximum absolute atomic E-state index is 12.9. The Morgan fingerprint density at radius 3 is 2.33 bits per heavy atom. The van der Waals surface area contributed by atoms with Crippen molar-refractivity contribution in [3.05, 3.63) is 65.7 Å². The van der Waals surface area contributed by atoms with E-state index in [9.17, 15) is 4.79 Å². The van der Waals surface area contributed by atoms with Crippen molar-refractivity contribution in [2.75, 3.05) is 31.2 Å². The molecule has 1 aliphatic carbocycles. The molecule has 5 rings (SSSR count). The predicted octanol–water partition coefficient (Wildman–Crippen LogP) is 3.89. The molecule has 1 saturated heterocycles. The molecular formula is C21H17NO2. The smallest absolute Gasteiger partial charge is 0.194 e. The SMILES string of the molecule is O=C1c2ccccc2-c2ccc(N3CCOCC3)c3cccc1c23.